The van der Waals surface area contributed by atoms with E-state index < -0.39 is 0 Å². The summed E-state index contributed by atoms with van der Waals surface area (Å²) < 4.78 is 0. The Bertz CT molecular complexity index is 735. The molecule has 4 rings (SSSR count). The van der Waals surface area contributed by atoms with Gasteiger partial charge in [0, 0.05) is 50.3 Å². The lowest BCUT2D eigenvalue weighted by Crippen LogP contribution is -2.47. The van der Waals surface area contributed by atoms with E-state index in [9.17, 15) is 4.79 Å². The van der Waals surface area contributed by atoms with Crippen LogP contribution in [-0.2, 0) is 0 Å². The number of aromatic nitrogens is 2. The van der Waals surface area contributed by atoms with Crippen LogP contribution in [0.2, 0.25) is 0 Å². The Kier molecular flexibility index (Phi) is 5.51. The fourth-order valence-electron chi connectivity index (χ4n) is 3.92. The number of carbonyl (C=O) groups excluding carboxylic acids is 1. The molecule has 0 unspecified atom stereocenters. The van der Waals surface area contributed by atoms with E-state index in [1.54, 1.807) is 12.4 Å². The maximum absolute atomic E-state index is 12.4. The van der Waals surface area contributed by atoms with Gasteiger partial charge >= 0.3 is 0 Å². The number of anilines is 2. The number of hydrogen-bond acceptors (Lipinski definition) is 5. The van der Waals surface area contributed by atoms with E-state index in [0.717, 1.165) is 39.0 Å². The highest BCUT2D eigenvalue weighted by atomic mass is 16.1. The van der Waals surface area contributed by atoms with Crippen molar-refractivity contribution in [3.05, 3.63) is 48.3 Å². The Morgan fingerprint density at radius 2 is 1.52 bits per heavy atom. The molecule has 6 nitrogen and oxygen atoms in total. The first-order valence-electron chi connectivity index (χ1n) is 9.97. The van der Waals surface area contributed by atoms with Gasteiger partial charge in [0.2, 0.25) is 5.95 Å². The van der Waals surface area contributed by atoms with Crippen LogP contribution in [0.15, 0.2) is 42.7 Å². The summed E-state index contributed by atoms with van der Waals surface area (Å²) in [6.45, 7) is 3.64. The Morgan fingerprint density at radius 3 is 2.19 bits per heavy atom. The lowest BCUT2D eigenvalue weighted by atomic mass is 9.95. The zero-order chi connectivity index (χ0) is 18.5. The average Bonchev–Trinajstić information content (AvgIpc) is 2.75. The summed E-state index contributed by atoms with van der Waals surface area (Å²) in [5, 5.41) is 3.12. The van der Waals surface area contributed by atoms with Crippen molar-refractivity contribution in [2.45, 2.75) is 38.1 Å². The Balaban J connectivity index is 1.32. The molecule has 1 aromatic heterocycles. The van der Waals surface area contributed by atoms with Crippen molar-refractivity contribution in [3.8, 4) is 0 Å². The predicted molar refractivity (Wildman–Crippen MR) is 107 cm³/mol. The van der Waals surface area contributed by atoms with Crippen molar-refractivity contribution in [3.63, 3.8) is 0 Å². The molecule has 2 heterocycles. The number of nitrogens with zero attached hydrogens (tertiary/aromatic N) is 4. The average molecular weight is 365 g/mol. The van der Waals surface area contributed by atoms with Gasteiger partial charge in [-0.05, 0) is 25.0 Å². The van der Waals surface area contributed by atoms with E-state index in [1.165, 1.54) is 24.9 Å². The summed E-state index contributed by atoms with van der Waals surface area (Å²) >= 11 is 0. The minimum Gasteiger partial charge on any atom is -0.368 e. The summed E-state index contributed by atoms with van der Waals surface area (Å²) in [6, 6.07) is 10.8. The molecule has 27 heavy (non-hydrogen) atoms. The van der Waals surface area contributed by atoms with E-state index in [4.69, 9.17) is 0 Å². The molecule has 0 radical (unpaired) electrons. The van der Waals surface area contributed by atoms with Crippen molar-refractivity contribution in [2.75, 3.05) is 36.0 Å². The number of para-hydroxylation sites is 1. The predicted octanol–water partition coefficient (Wildman–Crippen LogP) is 2.87. The third-order valence-electron chi connectivity index (χ3n) is 5.52. The molecule has 142 valence electrons. The number of nitrogens with one attached hydrogen (secondary N) is 1. The Labute approximate surface area is 160 Å². The molecule has 1 aliphatic heterocycles. The van der Waals surface area contributed by atoms with Crippen LogP contribution in [0.25, 0.3) is 0 Å². The SMILES string of the molecule is O=C(NC1CCCCC1)c1cnc(N2CCN(c3ccccc3)CC2)nc1. The quantitative estimate of drug-likeness (QED) is 0.903. The number of rotatable bonds is 4. The number of piperazine rings is 1. The Morgan fingerprint density at radius 1 is 0.889 bits per heavy atom. The molecule has 1 N–H and O–H groups in total. The van der Waals surface area contributed by atoms with Gasteiger partial charge in [0.1, 0.15) is 0 Å². The van der Waals surface area contributed by atoms with Crippen molar-refractivity contribution in [2.24, 2.45) is 0 Å². The van der Waals surface area contributed by atoms with Crippen LogP contribution < -0.4 is 15.1 Å². The monoisotopic (exact) mass is 365 g/mol. The third-order valence-corrected chi connectivity index (χ3v) is 5.52. The summed E-state index contributed by atoms with van der Waals surface area (Å²) in [4.78, 5) is 25.8. The minimum absolute atomic E-state index is 0.0534. The number of amides is 1. The summed E-state index contributed by atoms with van der Waals surface area (Å²) in [5.41, 5.74) is 1.81. The molecule has 6 heteroatoms. The standard InChI is InChI=1S/C21H27N5O/c27-20(24-18-7-3-1-4-8-18)17-15-22-21(23-16-17)26-13-11-25(12-14-26)19-9-5-2-6-10-19/h2,5-6,9-10,15-16,18H,1,3-4,7-8,11-14H2,(H,24,27). The van der Waals surface area contributed by atoms with E-state index in [0.29, 0.717) is 17.6 Å². The number of carbonyl (C=O) groups is 1. The maximum Gasteiger partial charge on any atom is 0.254 e. The van der Waals surface area contributed by atoms with Crippen LogP contribution in [0.1, 0.15) is 42.5 Å². The van der Waals surface area contributed by atoms with Crippen LogP contribution in [0.4, 0.5) is 11.6 Å². The zero-order valence-electron chi connectivity index (χ0n) is 15.7. The van der Waals surface area contributed by atoms with Gasteiger partial charge in [0.25, 0.3) is 5.91 Å². The summed E-state index contributed by atoms with van der Waals surface area (Å²) in [7, 11) is 0. The molecule has 1 aromatic carbocycles. The summed E-state index contributed by atoms with van der Waals surface area (Å²) in [6.07, 6.45) is 9.16. The molecular weight excluding hydrogens is 338 g/mol. The zero-order valence-corrected chi connectivity index (χ0v) is 15.7. The smallest absolute Gasteiger partial charge is 0.254 e. The topological polar surface area (TPSA) is 61.4 Å². The van der Waals surface area contributed by atoms with Crippen molar-refractivity contribution < 1.29 is 4.79 Å². The second kappa shape index (κ2) is 8.37. The molecule has 0 bridgehead atoms. The number of benzene rings is 1. The first-order valence-corrected chi connectivity index (χ1v) is 9.97. The lowest BCUT2D eigenvalue weighted by Gasteiger charge is -2.36. The molecule has 2 aromatic rings. The molecule has 1 aliphatic carbocycles. The van der Waals surface area contributed by atoms with Crippen molar-refractivity contribution >= 4 is 17.5 Å². The largest absolute Gasteiger partial charge is 0.368 e. The second-order valence-corrected chi connectivity index (χ2v) is 7.39. The Hall–Kier alpha value is -2.63. The number of hydrogen-bond donors (Lipinski definition) is 1. The minimum atomic E-state index is -0.0534. The molecular formula is C21H27N5O. The van der Waals surface area contributed by atoms with Gasteiger partial charge in [-0.25, -0.2) is 9.97 Å². The maximum atomic E-state index is 12.4. The van der Waals surface area contributed by atoms with Gasteiger partial charge in [0.05, 0.1) is 5.56 Å². The van der Waals surface area contributed by atoms with E-state index in [1.807, 2.05) is 6.07 Å². The molecule has 2 aliphatic rings. The van der Waals surface area contributed by atoms with Crippen LogP contribution in [0, 0.1) is 0 Å². The van der Waals surface area contributed by atoms with Crippen LogP contribution in [0.5, 0.6) is 0 Å². The van der Waals surface area contributed by atoms with Gasteiger partial charge in [-0.15, -0.1) is 0 Å². The van der Waals surface area contributed by atoms with Crippen molar-refractivity contribution in [1.82, 2.24) is 15.3 Å². The highest BCUT2D eigenvalue weighted by Gasteiger charge is 2.20. The van der Waals surface area contributed by atoms with Crippen LogP contribution >= 0.6 is 0 Å². The summed E-state index contributed by atoms with van der Waals surface area (Å²) in [5.74, 6) is 0.652. The van der Waals surface area contributed by atoms with E-state index in [-0.39, 0.29) is 5.91 Å². The molecule has 0 atom stereocenters. The molecule has 0 spiro atoms. The molecule has 1 saturated heterocycles. The van der Waals surface area contributed by atoms with Crippen LogP contribution in [0.3, 0.4) is 0 Å². The second-order valence-electron chi connectivity index (χ2n) is 7.39. The van der Waals surface area contributed by atoms with Gasteiger partial charge in [0.15, 0.2) is 0 Å². The molecule has 1 saturated carbocycles. The first kappa shape index (κ1) is 17.8. The van der Waals surface area contributed by atoms with Gasteiger partial charge in [-0.3, -0.25) is 4.79 Å². The fourth-order valence-corrected chi connectivity index (χ4v) is 3.92. The first-order chi connectivity index (χ1) is 13.3. The van der Waals surface area contributed by atoms with Gasteiger partial charge in [-0.1, -0.05) is 37.5 Å². The highest BCUT2D eigenvalue weighted by molar-refractivity contribution is 5.93. The van der Waals surface area contributed by atoms with Crippen LogP contribution in [-0.4, -0.2) is 48.1 Å². The fraction of sp³-hybridized carbons (Fsp3) is 0.476. The third kappa shape index (κ3) is 4.38. The van der Waals surface area contributed by atoms with Gasteiger partial charge < -0.3 is 15.1 Å². The molecule has 1 amide bonds. The van der Waals surface area contributed by atoms with E-state index in [2.05, 4.69) is 49.4 Å². The molecule has 2 fully saturated rings. The highest BCUT2D eigenvalue weighted by Crippen LogP contribution is 2.19. The van der Waals surface area contributed by atoms with E-state index >= 15 is 0 Å². The lowest BCUT2D eigenvalue weighted by molar-refractivity contribution is 0.0927. The van der Waals surface area contributed by atoms with Crippen molar-refractivity contribution in [1.29, 1.82) is 0 Å². The van der Waals surface area contributed by atoms with Gasteiger partial charge in [-0.2, -0.15) is 0 Å². The normalized spacial score (nSPS) is 18.4.